The third-order valence-corrected chi connectivity index (χ3v) is 16.2. The fourth-order valence-corrected chi connectivity index (χ4v) is 12.0. The number of likely N-dealkylation sites (tertiary alicyclic amines) is 1. The first-order chi connectivity index (χ1) is 32.4. The van der Waals surface area contributed by atoms with Crippen LogP contribution in [0.2, 0.25) is 5.02 Å². The number of nitrogens with zero attached hydrogens (tertiary/aromatic N) is 3. The number of carbonyl (C=O) groups is 4. The number of aryl methyl sites for hydroxylation is 1. The fraction of sp³-hybridized carbons (Fsp3) is 0.490. The van der Waals surface area contributed by atoms with Crippen LogP contribution in [0.25, 0.3) is 10.4 Å². The van der Waals surface area contributed by atoms with Crippen LogP contribution in [0.1, 0.15) is 101 Å². The van der Waals surface area contributed by atoms with Gasteiger partial charge in [-0.2, -0.15) is 5.26 Å². The second-order valence-corrected chi connectivity index (χ2v) is 23.6. The summed E-state index contributed by atoms with van der Waals surface area (Å²) in [6.45, 7) is 15.4. The van der Waals surface area contributed by atoms with E-state index < -0.39 is 62.0 Å². The van der Waals surface area contributed by atoms with E-state index in [4.69, 9.17) is 21.1 Å². The summed E-state index contributed by atoms with van der Waals surface area (Å²) < 4.78 is 38.3. The minimum Gasteiger partial charge on any atom is -0.489 e. The molecule has 3 atom stereocenters. The molecule has 2 heterocycles. The van der Waals surface area contributed by atoms with Crippen molar-refractivity contribution in [2.45, 2.75) is 123 Å². The first-order valence-corrected chi connectivity index (χ1v) is 26.0. The van der Waals surface area contributed by atoms with E-state index in [-0.39, 0.29) is 61.4 Å². The summed E-state index contributed by atoms with van der Waals surface area (Å²) in [5.74, 6) is -1.33. The third kappa shape index (κ3) is 12.5. The number of nitriles is 1. The summed E-state index contributed by atoms with van der Waals surface area (Å²) in [6.07, 6.45) is 0.233. The minimum atomic E-state index is -3.65. The Balaban J connectivity index is 0.910. The summed E-state index contributed by atoms with van der Waals surface area (Å²) in [5.41, 5.74) is 3.64. The van der Waals surface area contributed by atoms with Gasteiger partial charge in [0, 0.05) is 54.6 Å². The molecule has 1 aliphatic carbocycles. The Labute approximate surface area is 414 Å². The summed E-state index contributed by atoms with van der Waals surface area (Å²) >= 11 is 7.78. The van der Waals surface area contributed by atoms with Gasteiger partial charge in [-0.05, 0) is 72.7 Å². The molecule has 2 fully saturated rings. The van der Waals surface area contributed by atoms with Gasteiger partial charge in [-0.1, -0.05) is 90.8 Å². The number of amides is 4. The lowest BCUT2D eigenvalue weighted by Crippen LogP contribution is -2.74. The van der Waals surface area contributed by atoms with Gasteiger partial charge in [0.25, 0.3) is 5.91 Å². The number of ether oxygens (including phenoxy) is 2. The van der Waals surface area contributed by atoms with Crippen molar-refractivity contribution in [3.8, 4) is 22.3 Å². The Morgan fingerprint density at radius 1 is 1.00 bits per heavy atom. The average molecular weight is 1000 g/mol. The molecular formula is C51H63ClN6O9S2. The quantitative estimate of drug-likeness (QED) is 0.0700. The molecule has 4 amide bonds. The van der Waals surface area contributed by atoms with E-state index in [1.807, 2.05) is 65.0 Å². The standard InChI is InChI=1S/C51H63ClN6O9S2/c1-31-42(68-30-55-31)33-14-12-32(13-15-33)27-54-45(62)40-24-36(59)28-58(40)46(63)43(49(2,3)4)56-41(60)29-66-22-10-9-11-23-69(64,65)38-20-17-34(18-21-38)44(61)57-47-50(5,6)48(51(47,7)8)67-37-19-16-35(26-53)39(52)25-37/h12-21,25,30,36,40,43,47-48,59H,9-11,22-24,27-29H2,1-8H3,(H,54,62)(H,56,60)(H,57,61)/t36-,40+,43?,47-,48-/m1/s1. The molecule has 1 unspecified atom stereocenters. The molecule has 15 nitrogen and oxygen atoms in total. The van der Waals surface area contributed by atoms with Crippen LogP contribution in [0.3, 0.4) is 0 Å². The highest BCUT2D eigenvalue weighted by Gasteiger charge is 2.64. The Hall–Kier alpha value is -5.38. The number of unbranched alkanes of at least 4 members (excludes halogenated alkanes) is 2. The van der Waals surface area contributed by atoms with Crippen molar-refractivity contribution in [1.82, 2.24) is 25.8 Å². The molecule has 1 aromatic heterocycles. The van der Waals surface area contributed by atoms with Gasteiger partial charge in [-0.15, -0.1) is 11.3 Å². The second kappa shape index (κ2) is 21.7. The van der Waals surface area contributed by atoms with Crippen LogP contribution in [0.5, 0.6) is 5.75 Å². The largest absolute Gasteiger partial charge is 0.489 e. The van der Waals surface area contributed by atoms with Crippen molar-refractivity contribution in [1.29, 1.82) is 5.26 Å². The average Bonchev–Trinajstić information content (AvgIpc) is 3.92. The van der Waals surface area contributed by atoms with Crippen molar-refractivity contribution in [3.63, 3.8) is 0 Å². The van der Waals surface area contributed by atoms with Gasteiger partial charge in [0.2, 0.25) is 17.7 Å². The lowest BCUT2D eigenvalue weighted by molar-refractivity contribution is -0.164. The molecule has 0 bridgehead atoms. The number of halogens is 1. The molecule has 1 saturated carbocycles. The van der Waals surface area contributed by atoms with E-state index in [1.54, 1.807) is 55.8 Å². The summed E-state index contributed by atoms with van der Waals surface area (Å²) in [6, 6.07) is 18.4. The van der Waals surface area contributed by atoms with Gasteiger partial charge >= 0.3 is 0 Å². The number of benzene rings is 3. The first kappa shape index (κ1) is 53.0. The predicted octanol–water partition coefficient (Wildman–Crippen LogP) is 7.03. The molecule has 3 aromatic carbocycles. The normalized spacial score (nSPS) is 20.0. The SMILES string of the molecule is Cc1ncsc1-c1ccc(CNC(=O)[C@@H]2C[C@@H](O)CN2C(=O)C(NC(=O)COCCCCCS(=O)(=O)c2ccc(C(=O)N[C@H]3C(C)(C)[C@H](Oc4ccc(C#N)c(Cl)c4)C3(C)C)cc2)C(C)(C)C)cc1. The van der Waals surface area contributed by atoms with Crippen molar-refractivity contribution in [3.05, 3.63) is 99.6 Å². The number of rotatable bonds is 19. The molecule has 0 radical (unpaired) electrons. The summed E-state index contributed by atoms with van der Waals surface area (Å²) in [5, 5.41) is 28.9. The lowest BCUT2D eigenvalue weighted by Gasteiger charge is -2.63. The zero-order valence-corrected chi connectivity index (χ0v) is 42.8. The highest BCUT2D eigenvalue weighted by Crippen LogP contribution is 2.55. The summed E-state index contributed by atoms with van der Waals surface area (Å²) in [4.78, 5) is 60.7. The van der Waals surface area contributed by atoms with Crippen LogP contribution in [0.15, 0.2) is 77.1 Å². The number of nitrogens with one attached hydrogen (secondary N) is 3. The number of thiazole rings is 1. The van der Waals surface area contributed by atoms with Gasteiger partial charge < -0.3 is 35.4 Å². The molecule has 1 aliphatic heterocycles. The van der Waals surface area contributed by atoms with Crippen LogP contribution in [0.4, 0.5) is 0 Å². The van der Waals surface area contributed by atoms with Gasteiger partial charge in [-0.25, -0.2) is 13.4 Å². The highest BCUT2D eigenvalue weighted by molar-refractivity contribution is 7.91. The molecule has 0 spiro atoms. The lowest BCUT2D eigenvalue weighted by atomic mass is 9.49. The third-order valence-electron chi connectivity index (χ3n) is 13.1. The number of aliphatic hydroxyl groups is 1. The van der Waals surface area contributed by atoms with Crippen molar-refractivity contribution in [2.75, 3.05) is 25.5 Å². The number of aromatic nitrogens is 1. The molecule has 370 valence electrons. The van der Waals surface area contributed by atoms with E-state index in [9.17, 15) is 38.0 Å². The number of sulfone groups is 1. The van der Waals surface area contributed by atoms with Gasteiger partial charge in [-0.3, -0.25) is 19.2 Å². The highest BCUT2D eigenvalue weighted by atomic mass is 35.5. The number of hydrogen-bond donors (Lipinski definition) is 4. The van der Waals surface area contributed by atoms with Gasteiger partial charge in [0.15, 0.2) is 9.84 Å². The van der Waals surface area contributed by atoms with Gasteiger partial charge in [0.1, 0.15) is 36.6 Å². The van der Waals surface area contributed by atoms with Crippen molar-refractivity contribution in [2.24, 2.45) is 16.2 Å². The number of aliphatic hydroxyl groups excluding tert-OH is 1. The van der Waals surface area contributed by atoms with E-state index in [2.05, 4.69) is 20.9 Å². The van der Waals surface area contributed by atoms with Gasteiger partial charge in [0.05, 0.1) is 43.4 Å². The molecule has 18 heteroatoms. The first-order valence-electron chi connectivity index (χ1n) is 23.1. The van der Waals surface area contributed by atoms with Crippen LogP contribution >= 0.6 is 22.9 Å². The number of hydrogen-bond acceptors (Lipinski definition) is 12. The van der Waals surface area contributed by atoms with Crippen molar-refractivity contribution < 1.29 is 42.2 Å². The molecule has 69 heavy (non-hydrogen) atoms. The fourth-order valence-electron chi connectivity index (χ4n) is 9.56. The molecule has 1 saturated heterocycles. The summed E-state index contributed by atoms with van der Waals surface area (Å²) in [7, 11) is -3.65. The Bertz CT molecular complexity index is 2640. The van der Waals surface area contributed by atoms with E-state index in [0.29, 0.717) is 41.2 Å². The van der Waals surface area contributed by atoms with Crippen LogP contribution in [0, 0.1) is 34.5 Å². The van der Waals surface area contributed by atoms with Crippen LogP contribution in [-0.2, 0) is 35.5 Å². The second-order valence-electron chi connectivity index (χ2n) is 20.2. The van der Waals surface area contributed by atoms with Crippen LogP contribution in [-0.4, -0.2) is 103 Å². The maximum Gasteiger partial charge on any atom is 0.251 e. The zero-order chi connectivity index (χ0) is 50.5. The van der Waals surface area contributed by atoms with E-state index in [0.717, 1.165) is 21.7 Å². The Morgan fingerprint density at radius 3 is 2.29 bits per heavy atom. The predicted molar refractivity (Wildman–Crippen MR) is 264 cm³/mol. The Kier molecular flexibility index (Phi) is 16.7. The maximum atomic E-state index is 14.0. The zero-order valence-electron chi connectivity index (χ0n) is 40.4. The molecular weight excluding hydrogens is 940 g/mol. The number of carbonyl (C=O) groups excluding carboxylic acids is 4. The molecule has 4 aromatic rings. The van der Waals surface area contributed by atoms with E-state index >= 15 is 0 Å². The van der Waals surface area contributed by atoms with Crippen molar-refractivity contribution >= 4 is 56.4 Å². The monoisotopic (exact) mass is 1000 g/mol. The van der Waals surface area contributed by atoms with E-state index in [1.165, 1.54) is 29.2 Å². The topological polar surface area (TPSA) is 217 Å². The molecule has 4 N–H and O–H groups in total. The maximum absolute atomic E-state index is 14.0. The van der Waals surface area contributed by atoms with Crippen LogP contribution < -0.4 is 20.7 Å². The Morgan fingerprint density at radius 2 is 1.68 bits per heavy atom. The smallest absolute Gasteiger partial charge is 0.251 e. The molecule has 2 aliphatic rings. The minimum absolute atomic E-state index is 0.0487. The molecule has 6 rings (SSSR count). The number of β-amino-alcohol motifs (C(OH)–C–C–N with tert-alkyl or cyclic N) is 1.